The Kier molecular flexibility index (Phi) is 3.48. The van der Waals surface area contributed by atoms with Crippen LogP contribution in [0.2, 0.25) is 0 Å². The van der Waals surface area contributed by atoms with Gasteiger partial charge in [-0.05, 0) is 48.8 Å². The van der Waals surface area contributed by atoms with Gasteiger partial charge in [0.1, 0.15) is 6.10 Å². The molecule has 0 radical (unpaired) electrons. The van der Waals surface area contributed by atoms with Crippen molar-refractivity contribution in [3.05, 3.63) is 47.0 Å². The van der Waals surface area contributed by atoms with E-state index in [1.54, 1.807) is 0 Å². The highest BCUT2D eigenvalue weighted by Crippen LogP contribution is 2.26. The molecule has 1 aliphatic carbocycles. The number of benzene rings is 1. The molecule has 0 fully saturated rings. The predicted octanol–water partition coefficient (Wildman–Crippen LogP) is 3.80. The van der Waals surface area contributed by atoms with Crippen molar-refractivity contribution in [2.45, 2.75) is 38.2 Å². The Bertz CT molecular complexity index is 516. The number of ether oxygens (including phenoxy) is 1. The predicted molar refractivity (Wildman–Crippen MR) is 73.2 cm³/mol. The maximum absolute atomic E-state index is 5.79. The van der Waals surface area contributed by atoms with Crippen LogP contribution in [0.3, 0.4) is 0 Å². The maximum Gasteiger partial charge on any atom is 0.144 e. The van der Waals surface area contributed by atoms with Gasteiger partial charge in [-0.15, -0.1) is 0 Å². The van der Waals surface area contributed by atoms with Crippen LogP contribution in [0.5, 0.6) is 0 Å². The van der Waals surface area contributed by atoms with Gasteiger partial charge in [-0.1, -0.05) is 42.2 Å². The first-order valence-electron chi connectivity index (χ1n) is 6.83. The summed E-state index contributed by atoms with van der Waals surface area (Å²) in [5.41, 5.74) is 3.95. The van der Waals surface area contributed by atoms with Crippen molar-refractivity contribution in [2.75, 3.05) is 6.61 Å². The van der Waals surface area contributed by atoms with Gasteiger partial charge in [0.15, 0.2) is 0 Å². The summed E-state index contributed by atoms with van der Waals surface area (Å²) in [6, 6.07) is 8.50. The second-order valence-corrected chi connectivity index (χ2v) is 4.94. The summed E-state index contributed by atoms with van der Waals surface area (Å²) in [5, 5.41) is 0. The van der Waals surface area contributed by atoms with Gasteiger partial charge in [0.05, 0.1) is 6.61 Å². The first-order chi connectivity index (χ1) is 8.93. The zero-order valence-corrected chi connectivity index (χ0v) is 10.6. The molecule has 0 N–H and O–H groups in total. The first kappa shape index (κ1) is 11.6. The average molecular weight is 238 g/mol. The van der Waals surface area contributed by atoms with Crippen molar-refractivity contribution in [3.63, 3.8) is 0 Å². The fourth-order valence-electron chi connectivity index (χ4n) is 2.62. The van der Waals surface area contributed by atoms with E-state index in [9.17, 15) is 0 Å². The van der Waals surface area contributed by atoms with E-state index in [1.165, 1.54) is 36.0 Å². The Hall–Kier alpha value is -1.52. The van der Waals surface area contributed by atoms with Gasteiger partial charge < -0.3 is 4.74 Å². The van der Waals surface area contributed by atoms with Gasteiger partial charge in [0, 0.05) is 0 Å². The van der Waals surface area contributed by atoms with Crippen molar-refractivity contribution in [1.29, 1.82) is 0 Å². The largest absolute Gasteiger partial charge is 0.360 e. The molecule has 1 aromatic rings. The molecule has 92 valence electrons. The number of hydrogen-bond acceptors (Lipinski definition) is 1. The molecule has 0 unspecified atom stereocenters. The molecule has 1 atom stereocenters. The summed E-state index contributed by atoms with van der Waals surface area (Å²) in [5.74, 6) is 6.63. The zero-order valence-electron chi connectivity index (χ0n) is 10.6. The fourth-order valence-corrected chi connectivity index (χ4v) is 2.62. The lowest BCUT2D eigenvalue weighted by Gasteiger charge is -2.22. The highest BCUT2D eigenvalue weighted by atomic mass is 16.5. The molecule has 0 bridgehead atoms. The van der Waals surface area contributed by atoms with Crippen LogP contribution in [0.15, 0.2) is 35.9 Å². The average Bonchev–Trinajstić information content (AvgIpc) is 2.46. The standard InChI is InChI=1S/C17H18O/c1-2-6-14(7-3-1)10-11-17-16-9-5-4-8-15(16)12-13-18-17/h4-6,8-9,17H,1-3,7,12-13H2/t17-/m0/s1. The fraction of sp³-hybridized carbons (Fsp3) is 0.412. The molecular formula is C17H18O. The molecule has 1 heteroatoms. The molecule has 2 aliphatic rings. The smallest absolute Gasteiger partial charge is 0.144 e. The van der Waals surface area contributed by atoms with Crippen LogP contribution < -0.4 is 0 Å². The third kappa shape index (κ3) is 2.49. The molecule has 0 amide bonds. The van der Waals surface area contributed by atoms with Crippen molar-refractivity contribution in [1.82, 2.24) is 0 Å². The van der Waals surface area contributed by atoms with E-state index in [0.29, 0.717) is 0 Å². The van der Waals surface area contributed by atoms with E-state index in [2.05, 4.69) is 42.2 Å². The number of fused-ring (bicyclic) bond motifs is 1. The molecule has 0 spiro atoms. The Morgan fingerprint density at radius 1 is 1.11 bits per heavy atom. The van der Waals surface area contributed by atoms with Crippen molar-refractivity contribution >= 4 is 0 Å². The third-order valence-electron chi connectivity index (χ3n) is 3.65. The van der Waals surface area contributed by atoms with Crippen LogP contribution in [0.4, 0.5) is 0 Å². The molecule has 3 rings (SSSR count). The molecule has 0 aromatic heterocycles. The van der Waals surface area contributed by atoms with Gasteiger partial charge in [0.2, 0.25) is 0 Å². The molecule has 1 nitrogen and oxygen atoms in total. The van der Waals surface area contributed by atoms with E-state index >= 15 is 0 Å². The van der Waals surface area contributed by atoms with Crippen LogP contribution in [-0.4, -0.2) is 6.61 Å². The van der Waals surface area contributed by atoms with E-state index in [0.717, 1.165) is 19.4 Å². The van der Waals surface area contributed by atoms with Crippen LogP contribution in [0.25, 0.3) is 0 Å². The SMILES string of the molecule is C(#C[C@@H]1OCCc2ccccc21)C1=CCCCC1. The molecule has 1 heterocycles. The van der Waals surface area contributed by atoms with E-state index in [4.69, 9.17) is 4.74 Å². The molecule has 0 saturated heterocycles. The van der Waals surface area contributed by atoms with Crippen LogP contribution in [-0.2, 0) is 11.2 Å². The second-order valence-electron chi connectivity index (χ2n) is 4.94. The monoisotopic (exact) mass is 238 g/mol. The number of rotatable bonds is 0. The minimum Gasteiger partial charge on any atom is -0.360 e. The summed E-state index contributed by atoms with van der Waals surface area (Å²) in [7, 11) is 0. The Morgan fingerprint density at radius 3 is 2.94 bits per heavy atom. The minimum atomic E-state index is -0.0298. The Balaban J connectivity index is 1.82. The van der Waals surface area contributed by atoms with E-state index in [1.807, 2.05) is 0 Å². The van der Waals surface area contributed by atoms with E-state index in [-0.39, 0.29) is 6.10 Å². The molecule has 1 aliphatic heterocycles. The summed E-state index contributed by atoms with van der Waals surface area (Å²) >= 11 is 0. The van der Waals surface area contributed by atoms with Gasteiger partial charge in [-0.3, -0.25) is 0 Å². The Labute approximate surface area is 109 Å². The molecule has 1 aromatic carbocycles. The zero-order chi connectivity index (χ0) is 12.2. The highest BCUT2D eigenvalue weighted by molar-refractivity contribution is 5.38. The van der Waals surface area contributed by atoms with Gasteiger partial charge >= 0.3 is 0 Å². The van der Waals surface area contributed by atoms with Crippen molar-refractivity contribution < 1.29 is 4.74 Å². The van der Waals surface area contributed by atoms with Crippen LogP contribution in [0, 0.1) is 11.8 Å². The lowest BCUT2D eigenvalue weighted by molar-refractivity contribution is 0.0814. The second kappa shape index (κ2) is 5.42. The number of hydrogen-bond donors (Lipinski definition) is 0. The maximum atomic E-state index is 5.79. The van der Waals surface area contributed by atoms with Gasteiger partial charge in [-0.25, -0.2) is 0 Å². The quantitative estimate of drug-likeness (QED) is 0.625. The highest BCUT2D eigenvalue weighted by Gasteiger charge is 2.18. The van der Waals surface area contributed by atoms with Crippen LogP contribution >= 0.6 is 0 Å². The normalized spacial score (nSPS) is 22.4. The molecular weight excluding hydrogens is 220 g/mol. The third-order valence-corrected chi connectivity index (χ3v) is 3.65. The van der Waals surface area contributed by atoms with E-state index < -0.39 is 0 Å². The molecule has 0 saturated carbocycles. The van der Waals surface area contributed by atoms with Gasteiger partial charge in [0.25, 0.3) is 0 Å². The molecule has 18 heavy (non-hydrogen) atoms. The Morgan fingerprint density at radius 2 is 2.06 bits per heavy atom. The van der Waals surface area contributed by atoms with Gasteiger partial charge in [-0.2, -0.15) is 0 Å². The van der Waals surface area contributed by atoms with Crippen LogP contribution in [0.1, 0.15) is 42.9 Å². The van der Waals surface area contributed by atoms with Crippen molar-refractivity contribution in [2.24, 2.45) is 0 Å². The summed E-state index contributed by atoms with van der Waals surface area (Å²) in [4.78, 5) is 0. The summed E-state index contributed by atoms with van der Waals surface area (Å²) < 4.78 is 5.79. The summed E-state index contributed by atoms with van der Waals surface area (Å²) in [6.07, 6.45) is 8.18. The summed E-state index contributed by atoms with van der Waals surface area (Å²) in [6.45, 7) is 0.787. The first-order valence-corrected chi connectivity index (χ1v) is 6.83. The number of allylic oxidation sites excluding steroid dienone is 2. The minimum absolute atomic E-state index is 0.0298. The lowest BCUT2D eigenvalue weighted by Crippen LogP contribution is -2.14. The van der Waals surface area contributed by atoms with Crippen molar-refractivity contribution in [3.8, 4) is 11.8 Å². The lowest BCUT2D eigenvalue weighted by atomic mass is 9.96. The topological polar surface area (TPSA) is 9.23 Å².